The normalized spacial score (nSPS) is 18.3. The van der Waals surface area contributed by atoms with E-state index >= 15 is 0 Å². The van der Waals surface area contributed by atoms with Crippen molar-refractivity contribution in [3.05, 3.63) is 23.8 Å². The maximum atomic E-state index is 11.8. The van der Waals surface area contributed by atoms with Crippen LogP contribution in [0.15, 0.2) is 18.2 Å². The summed E-state index contributed by atoms with van der Waals surface area (Å²) >= 11 is 0. The van der Waals surface area contributed by atoms with Crippen molar-refractivity contribution in [3.8, 4) is 0 Å². The molecule has 0 saturated heterocycles. The minimum atomic E-state index is -0.0746. The molecule has 1 saturated carbocycles. The number of amides is 1. The Morgan fingerprint density at radius 3 is 2.52 bits per heavy atom. The zero-order valence-electron chi connectivity index (χ0n) is 13.6. The van der Waals surface area contributed by atoms with E-state index in [9.17, 15) is 4.79 Å². The highest BCUT2D eigenvalue weighted by Crippen LogP contribution is 2.38. The SMILES string of the molecule is CNC(=O)c1ccc(N)c(N(C)C2CCC(C)(C)CC2)c1. The van der Waals surface area contributed by atoms with Gasteiger partial charge in [-0.2, -0.15) is 0 Å². The first-order chi connectivity index (χ1) is 9.84. The van der Waals surface area contributed by atoms with Crippen molar-refractivity contribution in [2.45, 2.75) is 45.6 Å². The summed E-state index contributed by atoms with van der Waals surface area (Å²) < 4.78 is 0. The van der Waals surface area contributed by atoms with E-state index in [1.165, 1.54) is 25.7 Å². The summed E-state index contributed by atoms with van der Waals surface area (Å²) in [6, 6.07) is 5.99. The number of nitrogens with one attached hydrogen (secondary N) is 1. The van der Waals surface area contributed by atoms with Crippen LogP contribution in [-0.2, 0) is 0 Å². The van der Waals surface area contributed by atoms with Crippen LogP contribution < -0.4 is 16.0 Å². The Hall–Kier alpha value is -1.71. The van der Waals surface area contributed by atoms with E-state index in [4.69, 9.17) is 5.73 Å². The summed E-state index contributed by atoms with van der Waals surface area (Å²) in [5.74, 6) is -0.0746. The maximum absolute atomic E-state index is 11.8. The smallest absolute Gasteiger partial charge is 0.251 e. The van der Waals surface area contributed by atoms with Crippen molar-refractivity contribution in [2.75, 3.05) is 24.7 Å². The third-order valence-corrected chi connectivity index (χ3v) is 4.76. The van der Waals surface area contributed by atoms with Gasteiger partial charge in [0.2, 0.25) is 0 Å². The molecule has 4 heteroatoms. The number of hydrogen-bond acceptors (Lipinski definition) is 3. The highest BCUT2D eigenvalue weighted by atomic mass is 16.1. The van der Waals surface area contributed by atoms with Crippen molar-refractivity contribution >= 4 is 17.3 Å². The van der Waals surface area contributed by atoms with Gasteiger partial charge in [-0.05, 0) is 49.3 Å². The molecule has 2 rings (SSSR count). The topological polar surface area (TPSA) is 58.4 Å². The second-order valence-corrected chi connectivity index (χ2v) is 6.86. The fraction of sp³-hybridized carbons (Fsp3) is 0.588. The largest absolute Gasteiger partial charge is 0.397 e. The van der Waals surface area contributed by atoms with Gasteiger partial charge < -0.3 is 16.0 Å². The number of rotatable bonds is 3. The molecular weight excluding hydrogens is 262 g/mol. The first-order valence-electron chi connectivity index (χ1n) is 7.68. The lowest BCUT2D eigenvalue weighted by molar-refractivity contribution is 0.0963. The lowest BCUT2D eigenvalue weighted by atomic mass is 9.75. The van der Waals surface area contributed by atoms with Gasteiger partial charge in [-0.3, -0.25) is 4.79 Å². The monoisotopic (exact) mass is 289 g/mol. The van der Waals surface area contributed by atoms with Gasteiger partial charge in [0.05, 0.1) is 11.4 Å². The van der Waals surface area contributed by atoms with E-state index in [1.54, 1.807) is 13.1 Å². The van der Waals surface area contributed by atoms with Gasteiger partial charge in [0.1, 0.15) is 0 Å². The minimum absolute atomic E-state index is 0.0746. The zero-order chi connectivity index (χ0) is 15.6. The summed E-state index contributed by atoms with van der Waals surface area (Å²) in [6.45, 7) is 4.67. The van der Waals surface area contributed by atoms with E-state index in [-0.39, 0.29) is 5.91 Å². The van der Waals surface area contributed by atoms with E-state index < -0.39 is 0 Å². The van der Waals surface area contributed by atoms with Crippen LogP contribution in [0.1, 0.15) is 49.9 Å². The van der Waals surface area contributed by atoms with Crippen LogP contribution in [0.2, 0.25) is 0 Å². The van der Waals surface area contributed by atoms with E-state index in [1.807, 2.05) is 12.1 Å². The first-order valence-corrected chi connectivity index (χ1v) is 7.68. The average Bonchev–Trinajstić information content (AvgIpc) is 2.46. The highest BCUT2D eigenvalue weighted by Gasteiger charge is 2.29. The Morgan fingerprint density at radius 2 is 1.95 bits per heavy atom. The van der Waals surface area contributed by atoms with E-state index in [2.05, 4.69) is 31.1 Å². The highest BCUT2D eigenvalue weighted by molar-refractivity contribution is 5.96. The quantitative estimate of drug-likeness (QED) is 0.841. The van der Waals surface area contributed by atoms with Gasteiger partial charge in [-0.25, -0.2) is 0 Å². The van der Waals surface area contributed by atoms with E-state index in [0.717, 1.165) is 11.4 Å². The molecule has 1 aliphatic rings. The summed E-state index contributed by atoms with van der Waals surface area (Å²) in [5.41, 5.74) is 8.92. The average molecular weight is 289 g/mol. The number of hydrogen-bond donors (Lipinski definition) is 2. The predicted molar refractivity (Wildman–Crippen MR) is 88.7 cm³/mol. The van der Waals surface area contributed by atoms with Crippen LogP contribution in [0.3, 0.4) is 0 Å². The number of nitrogens with zero attached hydrogens (tertiary/aromatic N) is 1. The molecule has 0 aromatic heterocycles. The Balaban J connectivity index is 2.19. The minimum Gasteiger partial charge on any atom is -0.397 e. The van der Waals surface area contributed by atoms with Gasteiger partial charge in [-0.15, -0.1) is 0 Å². The van der Waals surface area contributed by atoms with Crippen molar-refractivity contribution in [1.82, 2.24) is 5.32 Å². The Labute approximate surface area is 127 Å². The Kier molecular flexibility index (Phi) is 4.45. The van der Waals surface area contributed by atoms with Crippen molar-refractivity contribution in [3.63, 3.8) is 0 Å². The molecular formula is C17H27N3O. The molecule has 1 aromatic carbocycles. The van der Waals surface area contributed by atoms with Gasteiger partial charge in [0.15, 0.2) is 0 Å². The molecule has 3 N–H and O–H groups in total. The number of nitrogens with two attached hydrogens (primary N) is 1. The second-order valence-electron chi connectivity index (χ2n) is 6.86. The number of benzene rings is 1. The lowest BCUT2D eigenvalue weighted by Crippen LogP contribution is -2.37. The van der Waals surface area contributed by atoms with Crippen molar-refractivity contribution in [2.24, 2.45) is 5.41 Å². The van der Waals surface area contributed by atoms with Crippen LogP contribution in [0.4, 0.5) is 11.4 Å². The molecule has 0 bridgehead atoms. The van der Waals surface area contributed by atoms with Crippen molar-refractivity contribution in [1.29, 1.82) is 0 Å². The number of carbonyl (C=O) groups excluding carboxylic acids is 1. The van der Waals surface area contributed by atoms with Crippen LogP contribution in [0.5, 0.6) is 0 Å². The zero-order valence-corrected chi connectivity index (χ0v) is 13.6. The van der Waals surface area contributed by atoms with Gasteiger partial charge in [0, 0.05) is 25.7 Å². The number of carbonyl (C=O) groups is 1. The molecule has 0 spiro atoms. The standard InChI is InChI=1S/C17H27N3O/c1-17(2)9-7-13(8-10-17)20(4)15-11-12(16(21)19-3)5-6-14(15)18/h5-6,11,13H,7-10,18H2,1-4H3,(H,19,21). The second kappa shape index (κ2) is 5.96. The Morgan fingerprint density at radius 1 is 1.33 bits per heavy atom. The van der Waals surface area contributed by atoms with Gasteiger partial charge in [0.25, 0.3) is 5.91 Å². The molecule has 4 nitrogen and oxygen atoms in total. The molecule has 0 heterocycles. The number of anilines is 2. The molecule has 1 fully saturated rings. The first kappa shape index (κ1) is 15.7. The molecule has 1 aliphatic carbocycles. The van der Waals surface area contributed by atoms with Gasteiger partial charge >= 0.3 is 0 Å². The fourth-order valence-electron chi connectivity index (χ4n) is 3.10. The summed E-state index contributed by atoms with van der Waals surface area (Å²) in [5, 5.41) is 2.66. The molecule has 0 radical (unpaired) electrons. The fourth-order valence-corrected chi connectivity index (χ4v) is 3.10. The maximum Gasteiger partial charge on any atom is 0.251 e. The van der Waals surface area contributed by atoms with Crippen LogP contribution in [0, 0.1) is 5.41 Å². The van der Waals surface area contributed by atoms with Crippen LogP contribution >= 0.6 is 0 Å². The summed E-state index contributed by atoms with van der Waals surface area (Å²) in [7, 11) is 3.73. The van der Waals surface area contributed by atoms with Gasteiger partial charge in [-0.1, -0.05) is 13.8 Å². The third kappa shape index (κ3) is 3.49. The molecule has 0 unspecified atom stereocenters. The predicted octanol–water partition coefficient (Wildman–Crippen LogP) is 3.03. The summed E-state index contributed by atoms with van der Waals surface area (Å²) in [6.07, 6.45) is 4.81. The molecule has 116 valence electrons. The Bertz CT molecular complexity index is 515. The molecule has 1 aromatic rings. The number of nitrogen functional groups attached to an aromatic ring is 1. The molecule has 1 amide bonds. The van der Waals surface area contributed by atoms with Crippen LogP contribution in [0.25, 0.3) is 0 Å². The lowest BCUT2D eigenvalue weighted by Gasteiger charge is -2.40. The molecule has 21 heavy (non-hydrogen) atoms. The van der Waals surface area contributed by atoms with E-state index in [0.29, 0.717) is 17.0 Å². The van der Waals surface area contributed by atoms with Crippen molar-refractivity contribution < 1.29 is 4.79 Å². The third-order valence-electron chi connectivity index (χ3n) is 4.76. The molecule has 0 atom stereocenters. The van der Waals surface area contributed by atoms with Crippen LogP contribution in [-0.4, -0.2) is 26.0 Å². The summed E-state index contributed by atoms with van der Waals surface area (Å²) in [4.78, 5) is 14.0. The molecule has 0 aliphatic heterocycles.